The topological polar surface area (TPSA) is 86.7 Å². The summed E-state index contributed by atoms with van der Waals surface area (Å²) < 4.78 is 62.2. The molecule has 6 aromatic carbocycles. The van der Waals surface area contributed by atoms with Gasteiger partial charge in [0.15, 0.2) is 0 Å². The monoisotopic (exact) mass is 740 g/mol. The summed E-state index contributed by atoms with van der Waals surface area (Å²) in [6.45, 7) is 3.78. The van der Waals surface area contributed by atoms with E-state index in [4.69, 9.17) is 8.37 Å². The third kappa shape index (κ3) is 8.35. The molecule has 6 aromatic rings. The predicted octanol–water partition coefficient (Wildman–Crippen LogP) is 9.61. The van der Waals surface area contributed by atoms with Gasteiger partial charge in [-0.25, -0.2) is 0 Å². The zero-order valence-corrected chi connectivity index (χ0v) is 31.1. The van der Waals surface area contributed by atoms with Crippen molar-refractivity contribution in [3.05, 3.63) is 227 Å². The van der Waals surface area contributed by atoms with E-state index >= 15 is 0 Å². The Morgan fingerprint density at radius 3 is 1.17 bits per heavy atom. The van der Waals surface area contributed by atoms with Gasteiger partial charge in [0, 0.05) is 0 Å². The van der Waals surface area contributed by atoms with E-state index < -0.39 is 25.7 Å². The molecule has 0 aliphatic rings. The van der Waals surface area contributed by atoms with Gasteiger partial charge in [0.2, 0.25) is 0 Å². The molecular formula is C45H40O6S2. The number of benzene rings is 6. The van der Waals surface area contributed by atoms with Crippen LogP contribution in [-0.2, 0) is 46.9 Å². The second-order valence-corrected chi connectivity index (χ2v) is 15.8. The first-order chi connectivity index (χ1) is 25.6. The lowest BCUT2D eigenvalue weighted by Gasteiger charge is -2.39. The van der Waals surface area contributed by atoms with Crippen LogP contribution in [0.15, 0.2) is 192 Å². The molecule has 6 nitrogen and oxygen atoms in total. The molecule has 0 radical (unpaired) electrons. The van der Waals surface area contributed by atoms with Gasteiger partial charge < -0.3 is 8.37 Å². The van der Waals surface area contributed by atoms with E-state index in [-0.39, 0.29) is 9.79 Å². The van der Waals surface area contributed by atoms with Gasteiger partial charge in [-0.3, -0.25) is 0 Å². The van der Waals surface area contributed by atoms with Crippen LogP contribution in [0.3, 0.4) is 0 Å². The van der Waals surface area contributed by atoms with Crippen LogP contribution in [-0.4, -0.2) is 16.8 Å². The zero-order valence-electron chi connectivity index (χ0n) is 29.5. The number of allylic oxidation sites excluding steroid dienone is 2. The van der Waals surface area contributed by atoms with Gasteiger partial charge in [0.1, 0.15) is 22.3 Å². The summed E-state index contributed by atoms with van der Waals surface area (Å²) in [6.07, 6.45) is 6.67. The zero-order chi connectivity index (χ0) is 37.3. The summed E-state index contributed by atoms with van der Waals surface area (Å²) in [5.41, 5.74) is 7.04. The normalized spacial score (nSPS) is 12.3. The van der Waals surface area contributed by atoms with Crippen molar-refractivity contribution in [2.24, 2.45) is 0 Å². The third-order valence-electron chi connectivity index (χ3n) is 9.11. The maximum Gasteiger partial charge on any atom is 0.338 e. The highest BCUT2D eigenvalue weighted by Gasteiger charge is 2.40. The van der Waals surface area contributed by atoms with Crippen molar-refractivity contribution < 1.29 is 25.2 Å². The molecule has 0 N–H and O–H groups in total. The summed E-state index contributed by atoms with van der Waals surface area (Å²) in [5, 5.41) is 0. The lowest BCUT2D eigenvalue weighted by Crippen LogP contribution is -2.33. The molecule has 0 saturated heterocycles. The van der Waals surface area contributed by atoms with Crippen LogP contribution in [0.25, 0.3) is 0 Å². The van der Waals surface area contributed by atoms with Crippen molar-refractivity contribution in [2.75, 3.05) is 0 Å². The first kappa shape index (κ1) is 37.1. The Morgan fingerprint density at radius 1 is 0.453 bits per heavy atom. The van der Waals surface area contributed by atoms with E-state index in [1.807, 2.05) is 86.6 Å². The van der Waals surface area contributed by atoms with Crippen LogP contribution in [0.2, 0.25) is 0 Å². The number of aryl methyl sites for hydroxylation is 2. The molecule has 8 heteroatoms. The maximum absolute atomic E-state index is 12.9. The smallest absolute Gasteiger partial charge is 0.338 e. The van der Waals surface area contributed by atoms with Crippen LogP contribution in [0.4, 0.5) is 0 Å². The molecule has 0 spiro atoms. The van der Waals surface area contributed by atoms with Crippen LogP contribution >= 0.6 is 0 Å². The van der Waals surface area contributed by atoms with Crippen LogP contribution in [0, 0.1) is 13.8 Å². The molecule has 0 aliphatic carbocycles. The molecule has 0 amide bonds. The van der Waals surface area contributed by atoms with Gasteiger partial charge in [-0.05, 0) is 96.5 Å². The fraction of sp³-hybridized carbons (Fsp3) is 0.111. The molecule has 0 saturated carbocycles. The fourth-order valence-electron chi connectivity index (χ4n) is 6.53. The van der Waals surface area contributed by atoms with Crippen LogP contribution in [0.1, 0.15) is 44.5 Å². The van der Waals surface area contributed by atoms with Gasteiger partial charge in [0.05, 0.1) is 5.41 Å². The minimum Gasteiger partial charge on any atom is -0.387 e. The van der Waals surface area contributed by atoms with Crippen molar-refractivity contribution in [2.45, 2.75) is 41.9 Å². The van der Waals surface area contributed by atoms with Gasteiger partial charge in [-0.1, -0.05) is 145 Å². The molecule has 0 fully saturated rings. The average Bonchev–Trinajstić information content (AvgIpc) is 3.18. The van der Waals surface area contributed by atoms with E-state index in [9.17, 15) is 16.8 Å². The Hall–Kier alpha value is -5.70. The Bertz CT molecular complexity index is 2250. The fourth-order valence-corrected chi connectivity index (χ4v) is 8.15. The summed E-state index contributed by atoms with van der Waals surface area (Å²) in [4.78, 5) is 0.174. The Kier molecular flexibility index (Phi) is 11.4. The lowest BCUT2D eigenvalue weighted by molar-refractivity contribution is 0.441. The van der Waals surface area contributed by atoms with E-state index in [1.54, 1.807) is 36.4 Å². The van der Waals surface area contributed by atoms with Crippen molar-refractivity contribution in [1.29, 1.82) is 0 Å². The first-order valence-electron chi connectivity index (χ1n) is 17.2. The number of hydrogen-bond donors (Lipinski definition) is 0. The highest BCUT2D eigenvalue weighted by atomic mass is 32.2. The van der Waals surface area contributed by atoms with E-state index in [1.165, 1.54) is 36.8 Å². The SMILES string of the molecule is Cc1ccc(S(=O)(=O)O/C=C/Cc2ccccc2C(c2ccccc2)(c2ccccc2)c2ccccc2C/C=C/OS(=O)(=O)c2ccc(C)cc2)cc1. The van der Waals surface area contributed by atoms with Crippen molar-refractivity contribution >= 4 is 20.2 Å². The average molecular weight is 741 g/mol. The largest absolute Gasteiger partial charge is 0.387 e. The van der Waals surface area contributed by atoms with Gasteiger partial charge in [-0.2, -0.15) is 16.8 Å². The van der Waals surface area contributed by atoms with Crippen LogP contribution < -0.4 is 0 Å². The van der Waals surface area contributed by atoms with Gasteiger partial charge >= 0.3 is 20.2 Å². The molecule has 53 heavy (non-hydrogen) atoms. The number of hydrogen-bond acceptors (Lipinski definition) is 6. The third-order valence-corrected chi connectivity index (χ3v) is 11.5. The molecular weight excluding hydrogens is 701 g/mol. The second-order valence-electron chi connectivity index (χ2n) is 12.7. The van der Waals surface area contributed by atoms with Gasteiger partial charge in [-0.15, -0.1) is 0 Å². The summed E-state index contributed by atoms with van der Waals surface area (Å²) in [6, 6.07) is 49.8. The van der Waals surface area contributed by atoms with Gasteiger partial charge in [0.25, 0.3) is 0 Å². The van der Waals surface area contributed by atoms with Crippen molar-refractivity contribution in [1.82, 2.24) is 0 Å². The van der Waals surface area contributed by atoms with E-state index in [2.05, 4.69) is 36.4 Å². The molecule has 0 heterocycles. The van der Waals surface area contributed by atoms with E-state index in [0.717, 1.165) is 44.5 Å². The minimum atomic E-state index is -3.98. The minimum absolute atomic E-state index is 0.0872. The summed E-state index contributed by atoms with van der Waals surface area (Å²) in [7, 11) is -7.97. The quantitative estimate of drug-likeness (QED) is 0.0628. The summed E-state index contributed by atoms with van der Waals surface area (Å²) in [5.74, 6) is 0. The molecule has 0 bridgehead atoms. The molecule has 0 unspecified atom stereocenters. The molecule has 6 rings (SSSR count). The lowest BCUT2D eigenvalue weighted by atomic mass is 9.62. The maximum atomic E-state index is 12.9. The molecule has 0 aromatic heterocycles. The standard InChI is InChI=1S/C45H40O6S2/c1-35-25-29-41(30-26-35)52(46,47)50-33-13-17-37-15-9-11-23-43(37)45(39-19-5-3-6-20-39,40-21-7-4-8-22-40)44-24-12-10-16-38(44)18-14-34-51-53(48,49)42-31-27-36(2)28-32-42/h3-16,19-34H,17-18H2,1-2H3/b33-13+,34-14+. The van der Waals surface area contributed by atoms with Crippen LogP contribution in [0.5, 0.6) is 0 Å². The highest BCUT2D eigenvalue weighted by molar-refractivity contribution is 7.87. The van der Waals surface area contributed by atoms with Crippen molar-refractivity contribution in [3.8, 4) is 0 Å². The Labute approximate surface area is 313 Å². The molecule has 268 valence electrons. The van der Waals surface area contributed by atoms with E-state index in [0.29, 0.717) is 12.8 Å². The number of rotatable bonds is 14. The highest BCUT2D eigenvalue weighted by Crippen LogP contribution is 2.47. The predicted molar refractivity (Wildman–Crippen MR) is 209 cm³/mol. The summed E-state index contributed by atoms with van der Waals surface area (Å²) >= 11 is 0. The van der Waals surface area contributed by atoms with Crippen molar-refractivity contribution in [3.63, 3.8) is 0 Å². The molecule has 0 aliphatic heterocycles. The Balaban J connectivity index is 1.41. The molecule has 0 atom stereocenters. The Morgan fingerprint density at radius 2 is 0.792 bits per heavy atom. The second kappa shape index (κ2) is 16.3. The first-order valence-corrected chi connectivity index (χ1v) is 20.0.